The van der Waals surface area contributed by atoms with Crippen molar-refractivity contribution >= 4 is 11.9 Å². The van der Waals surface area contributed by atoms with Crippen LogP contribution in [0.5, 0.6) is 0 Å². The predicted molar refractivity (Wildman–Crippen MR) is 193 cm³/mol. The molecule has 0 radical (unpaired) electrons. The molecule has 0 fully saturated rings. The molecule has 0 spiro atoms. The molecule has 0 amide bonds. The van der Waals surface area contributed by atoms with E-state index in [1.807, 2.05) is 0 Å². The molecule has 4 N–H and O–H groups in total. The van der Waals surface area contributed by atoms with Gasteiger partial charge in [0.1, 0.15) is 0 Å². The number of carboxylic acids is 2. The zero-order valence-electron chi connectivity index (χ0n) is 30.0. The molecule has 45 heavy (non-hydrogen) atoms. The van der Waals surface area contributed by atoms with E-state index < -0.39 is 18.0 Å². The number of allylic oxidation sites excluding steroid dienone is 4. The first-order valence-electron chi connectivity index (χ1n) is 18.8. The third-order valence-electron chi connectivity index (χ3n) is 7.57. The number of aliphatic carboxylic acids is 2. The quantitative estimate of drug-likeness (QED) is 0.0442. The molecular weight excluding hydrogens is 564 g/mol. The Labute approximate surface area is 279 Å². The zero-order valence-corrected chi connectivity index (χ0v) is 30.0. The standard InChI is InChI=1S/2C18H34O2.C3H8O2/c2*1-2-3-4-5-6-7-8-9-10-11-12-13-14-15-16-17-18(19)20;1-3(5)2-4/h2*9-10H,2-8,11-17H2,1H3,(H,19,20);3-5H,2H2,1H3/b2*10-9-;. The van der Waals surface area contributed by atoms with Crippen LogP contribution in [0.25, 0.3) is 0 Å². The summed E-state index contributed by atoms with van der Waals surface area (Å²) in [6.45, 7) is 5.91. The molecular formula is C39H76O6. The molecule has 1 atom stereocenters. The lowest BCUT2D eigenvalue weighted by atomic mass is 10.1. The van der Waals surface area contributed by atoms with Gasteiger partial charge in [-0.2, -0.15) is 0 Å². The number of rotatable bonds is 31. The van der Waals surface area contributed by atoms with Crippen LogP contribution in [-0.2, 0) is 9.59 Å². The van der Waals surface area contributed by atoms with Crippen LogP contribution in [0.15, 0.2) is 24.3 Å². The molecule has 6 heteroatoms. The minimum Gasteiger partial charge on any atom is -0.481 e. The Morgan fingerprint density at radius 3 is 0.911 bits per heavy atom. The van der Waals surface area contributed by atoms with Crippen molar-refractivity contribution in [1.29, 1.82) is 0 Å². The number of unbranched alkanes of at least 4 members (excludes halogenated alkanes) is 22. The van der Waals surface area contributed by atoms with Gasteiger partial charge in [-0.3, -0.25) is 9.59 Å². The van der Waals surface area contributed by atoms with Gasteiger partial charge in [-0.1, -0.05) is 141 Å². The van der Waals surface area contributed by atoms with Crippen molar-refractivity contribution in [2.75, 3.05) is 6.61 Å². The lowest BCUT2D eigenvalue weighted by Gasteiger charge is -1.99. The van der Waals surface area contributed by atoms with Gasteiger partial charge < -0.3 is 20.4 Å². The minimum atomic E-state index is -0.664. The van der Waals surface area contributed by atoms with Crippen molar-refractivity contribution < 1.29 is 30.0 Å². The zero-order chi connectivity index (χ0) is 34.1. The van der Waals surface area contributed by atoms with Gasteiger partial charge >= 0.3 is 11.9 Å². The third kappa shape index (κ3) is 58.4. The number of aliphatic hydroxyl groups is 2. The van der Waals surface area contributed by atoms with E-state index in [9.17, 15) is 9.59 Å². The topological polar surface area (TPSA) is 115 Å². The highest BCUT2D eigenvalue weighted by molar-refractivity contribution is 5.66. The summed E-state index contributed by atoms with van der Waals surface area (Å²) in [5, 5.41) is 33.0. The van der Waals surface area contributed by atoms with E-state index >= 15 is 0 Å². The van der Waals surface area contributed by atoms with Gasteiger partial charge in [0, 0.05) is 12.8 Å². The second kappa shape index (κ2) is 44.5. The summed E-state index contributed by atoms with van der Waals surface area (Å²) >= 11 is 0. The number of hydrogen-bond donors (Lipinski definition) is 4. The van der Waals surface area contributed by atoms with Crippen LogP contribution in [0.3, 0.4) is 0 Å². The Morgan fingerprint density at radius 2 is 0.689 bits per heavy atom. The molecule has 0 aromatic heterocycles. The molecule has 1 unspecified atom stereocenters. The number of aliphatic hydroxyl groups excluding tert-OH is 2. The van der Waals surface area contributed by atoms with Crippen molar-refractivity contribution in [2.24, 2.45) is 0 Å². The van der Waals surface area contributed by atoms with E-state index in [0.29, 0.717) is 12.8 Å². The molecule has 268 valence electrons. The molecule has 0 heterocycles. The van der Waals surface area contributed by atoms with E-state index in [2.05, 4.69) is 38.2 Å². The summed E-state index contributed by atoms with van der Waals surface area (Å²) in [7, 11) is 0. The lowest BCUT2D eigenvalue weighted by molar-refractivity contribution is -0.138. The van der Waals surface area contributed by atoms with Crippen molar-refractivity contribution in [3.8, 4) is 0 Å². The van der Waals surface area contributed by atoms with Gasteiger partial charge in [0.2, 0.25) is 0 Å². The van der Waals surface area contributed by atoms with Gasteiger partial charge in [-0.05, 0) is 71.1 Å². The summed E-state index contributed by atoms with van der Waals surface area (Å²) in [4.78, 5) is 20.6. The number of hydrogen-bond acceptors (Lipinski definition) is 4. The summed E-state index contributed by atoms with van der Waals surface area (Å²) in [5.41, 5.74) is 0. The third-order valence-corrected chi connectivity index (χ3v) is 7.57. The largest absolute Gasteiger partial charge is 0.481 e. The van der Waals surface area contributed by atoms with Crippen molar-refractivity contribution in [1.82, 2.24) is 0 Å². The predicted octanol–water partition coefficient (Wildman–Crippen LogP) is 11.6. The Balaban J connectivity index is -0.000000680. The fourth-order valence-corrected chi connectivity index (χ4v) is 4.69. The van der Waals surface area contributed by atoms with Crippen molar-refractivity contribution in [2.45, 2.75) is 207 Å². The molecule has 0 aromatic rings. The molecule has 0 rings (SSSR count). The SMILES string of the molecule is CC(O)CO.CCCCCCCC/C=C\CCCCCCCC(=O)O.CCCCCCCC/C=C\CCCCCCCC(=O)O. The molecule has 0 aliphatic heterocycles. The maximum absolute atomic E-state index is 10.3. The summed E-state index contributed by atoms with van der Waals surface area (Å²) < 4.78 is 0. The maximum atomic E-state index is 10.3. The van der Waals surface area contributed by atoms with Crippen LogP contribution in [0.4, 0.5) is 0 Å². The average molecular weight is 641 g/mol. The first-order valence-corrected chi connectivity index (χ1v) is 18.8. The van der Waals surface area contributed by atoms with Gasteiger partial charge in [0.25, 0.3) is 0 Å². The number of carbonyl (C=O) groups is 2. The summed E-state index contributed by atoms with van der Waals surface area (Å²) in [6, 6.07) is 0. The Kier molecular flexibility index (Phi) is 47.2. The molecule has 0 aromatic carbocycles. The Bertz CT molecular complexity index is 579. The van der Waals surface area contributed by atoms with Crippen LogP contribution in [0.2, 0.25) is 0 Å². The smallest absolute Gasteiger partial charge is 0.303 e. The van der Waals surface area contributed by atoms with E-state index in [1.165, 1.54) is 148 Å². The maximum Gasteiger partial charge on any atom is 0.303 e. The van der Waals surface area contributed by atoms with Crippen molar-refractivity contribution in [3.63, 3.8) is 0 Å². The van der Waals surface area contributed by atoms with E-state index in [0.717, 1.165) is 25.7 Å². The van der Waals surface area contributed by atoms with Crippen LogP contribution < -0.4 is 0 Å². The van der Waals surface area contributed by atoms with Crippen LogP contribution >= 0.6 is 0 Å². The molecule has 0 aliphatic carbocycles. The van der Waals surface area contributed by atoms with E-state index in [-0.39, 0.29) is 6.61 Å². The summed E-state index contributed by atoms with van der Waals surface area (Å²) in [5.74, 6) is -1.33. The minimum absolute atomic E-state index is 0.139. The molecule has 0 aliphatic rings. The van der Waals surface area contributed by atoms with Crippen LogP contribution in [-0.4, -0.2) is 45.1 Å². The molecule has 0 saturated carbocycles. The fraction of sp³-hybridized carbons (Fsp3) is 0.846. The van der Waals surface area contributed by atoms with Gasteiger partial charge in [-0.25, -0.2) is 0 Å². The van der Waals surface area contributed by atoms with E-state index in [1.54, 1.807) is 0 Å². The van der Waals surface area contributed by atoms with Gasteiger partial charge in [0.05, 0.1) is 12.7 Å². The Hall–Kier alpha value is -1.66. The highest BCUT2D eigenvalue weighted by Crippen LogP contribution is 2.11. The molecule has 0 saturated heterocycles. The second-order valence-corrected chi connectivity index (χ2v) is 12.5. The summed E-state index contributed by atoms with van der Waals surface area (Å²) in [6.07, 6.45) is 41.9. The molecule has 0 bridgehead atoms. The lowest BCUT2D eigenvalue weighted by Crippen LogP contribution is -2.03. The highest BCUT2D eigenvalue weighted by Gasteiger charge is 1.97. The van der Waals surface area contributed by atoms with Crippen LogP contribution in [0, 0.1) is 0 Å². The van der Waals surface area contributed by atoms with Gasteiger partial charge in [0.15, 0.2) is 0 Å². The first kappa shape index (κ1) is 47.7. The fourth-order valence-electron chi connectivity index (χ4n) is 4.69. The normalized spacial score (nSPS) is 11.7. The van der Waals surface area contributed by atoms with E-state index in [4.69, 9.17) is 20.4 Å². The monoisotopic (exact) mass is 641 g/mol. The Morgan fingerprint density at radius 1 is 0.467 bits per heavy atom. The molecule has 6 nitrogen and oxygen atoms in total. The highest BCUT2D eigenvalue weighted by atomic mass is 16.4. The van der Waals surface area contributed by atoms with Gasteiger partial charge in [-0.15, -0.1) is 0 Å². The van der Waals surface area contributed by atoms with Crippen LogP contribution in [0.1, 0.15) is 201 Å². The second-order valence-electron chi connectivity index (χ2n) is 12.5. The average Bonchev–Trinajstić information content (AvgIpc) is 3.01. The van der Waals surface area contributed by atoms with Crippen molar-refractivity contribution in [3.05, 3.63) is 24.3 Å². The number of carboxylic acid groups (broad SMARTS) is 2. The first-order chi connectivity index (χ1) is 21.8.